The fraction of sp³-hybridized carbons (Fsp3) is 0.250. The molecular formula is C16H18BrN3O. The molecule has 1 N–H and O–H groups in total. The summed E-state index contributed by atoms with van der Waals surface area (Å²) in [7, 11) is 4.06. The average molecular weight is 348 g/mol. The minimum absolute atomic E-state index is 0.165. The number of carbonyl (C=O) groups is 1. The van der Waals surface area contributed by atoms with Gasteiger partial charge in [-0.3, -0.25) is 4.79 Å². The Morgan fingerprint density at radius 1 is 1.19 bits per heavy atom. The van der Waals surface area contributed by atoms with E-state index in [1.165, 1.54) is 5.56 Å². The van der Waals surface area contributed by atoms with Crippen LogP contribution in [0.3, 0.4) is 0 Å². The lowest BCUT2D eigenvalue weighted by Crippen LogP contribution is -2.24. The van der Waals surface area contributed by atoms with E-state index >= 15 is 0 Å². The van der Waals surface area contributed by atoms with Gasteiger partial charge in [0, 0.05) is 23.8 Å². The minimum Gasteiger partial charge on any atom is -0.347 e. The molecular weight excluding hydrogens is 330 g/mol. The van der Waals surface area contributed by atoms with Crippen molar-refractivity contribution >= 4 is 21.8 Å². The van der Waals surface area contributed by atoms with Crippen LogP contribution in [0, 0.1) is 0 Å². The molecule has 0 fully saturated rings. The van der Waals surface area contributed by atoms with Crippen molar-refractivity contribution < 1.29 is 4.79 Å². The largest absolute Gasteiger partial charge is 0.347 e. The van der Waals surface area contributed by atoms with Crippen molar-refractivity contribution in [2.24, 2.45) is 0 Å². The van der Waals surface area contributed by atoms with E-state index in [4.69, 9.17) is 0 Å². The van der Waals surface area contributed by atoms with Crippen LogP contribution in [0.25, 0.3) is 0 Å². The molecule has 0 spiro atoms. The summed E-state index contributed by atoms with van der Waals surface area (Å²) in [5.41, 5.74) is 2.76. The number of nitrogens with one attached hydrogen (secondary N) is 1. The van der Waals surface area contributed by atoms with Crippen molar-refractivity contribution in [1.29, 1.82) is 0 Å². The zero-order chi connectivity index (χ0) is 15.2. The first-order valence-corrected chi connectivity index (χ1v) is 7.47. The van der Waals surface area contributed by atoms with E-state index in [0.29, 0.717) is 12.2 Å². The van der Waals surface area contributed by atoms with Crippen molar-refractivity contribution in [3.8, 4) is 0 Å². The quantitative estimate of drug-likeness (QED) is 0.904. The molecule has 4 nitrogen and oxygen atoms in total. The SMILES string of the molecule is CN(C)Cc1ccccc1CNC(=O)c1ccc(Br)cn1. The predicted octanol–water partition coefficient (Wildman–Crippen LogP) is 2.84. The molecule has 0 saturated carbocycles. The Morgan fingerprint density at radius 2 is 1.90 bits per heavy atom. The Balaban J connectivity index is 2.02. The van der Waals surface area contributed by atoms with Crippen LogP contribution < -0.4 is 5.32 Å². The normalized spacial score (nSPS) is 10.7. The number of nitrogens with zero attached hydrogens (tertiary/aromatic N) is 2. The van der Waals surface area contributed by atoms with Gasteiger partial charge in [0.1, 0.15) is 5.69 Å². The number of hydrogen-bond donors (Lipinski definition) is 1. The molecule has 1 aromatic heterocycles. The highest BCUT2D eigenvalue weighted by atomic mass is 79.9. The summed E-state index contributed by atoms with van der Waals surface area (Å²) in [6, 6.07) is 11.6. The van der Waals surface area contributed by atoms with Crippen LogP contribution in [0.5, 0.6) is 0 Å². The van der Waals surface area contributed by atoms with E-state index in [2.05, 4.69) is 37.2 Å². The summed E-state index contributed by atoms with van der Waals surface area (Å²) >= 11 is 3.30. The van der Waals surface area contributed by atoms with Gasteiger partial charge in [-0.05, 0) is 53.3 Å². The van der Waals surface area contributed by atoms with Gasteiger partial charge in [0.15, 0.2) is 0 Å². The Hall–Kier alpha value is -1.72. The molecule has 1 amide bonds. The minimum atomic E-state index is -0.165. The Labute approximate surface area is 133 Å². The lowest BCUT2D eigenvalue weighted by molar-refractivity contribution is 0.0946. The Bertz CT molecular complexity index is 611. The van der Waals surface area contributed by atoms with Crippen LogP contribution >= 0.6 is 15.9 Å². The fourth-order valence-corrected chi connectivity index (χ4v) is 2.24. The van der Waals surface area contributed by atoms with Gasteiger partial charge in [-0.1, -0.05) is 24.3 Å². The molecule has 0 atom stereocenters. The highest BCUT2D eigenvalue weighted by Crippen LogP contribution is 2.11. The maximum Gasteiger partial charge on any atom is 0.270 e. The molecule has 0 bridgehead atoms. The Morgan fingerprint density at radius 3 is 2.52 bits per heavy atom. The number of rotatable bonds is 5. The van der Waals surface area contributed by atoms with Crippen LogP contribution in [0.2, 0.25) is 0 Å². The van der Waals surface area contributed by atoms with Crippen LogP contribution in [-0.2, 0) is 13.1 Å². The molecule has 0 aliphatic rings. The second kappa shape index (κ2) is 7.33. The first-order chi connectivity index (χ1) is 10.1. The van der Waals surface area contributed by atoms with E-state index in [0.717, 1.165) is 16.6 Å². The van der Waals surface area contributed by atoms with Crippen molar-refractivity contribution in [2.45, 2.75) is 13.1 Å². The highest BCUT2D eigenvalue weighted by Gasteiger charge is 2.08. The topological polar surface area (TPSA) is 45.2 Å². The number of amides is 1. The predicted molar refractivity (Wildman–Crippen MR) is 86.9 cm³/mol. The van der Waals surface area contributed by atoms with Gasteiger partial charge < -0.3 is 10.2 Å². The molecule has 0 aliphatic heterocycles. The first-order valence-electron chi connectivity index (χ1n) is 6.67. The van der Waals surface area contributed by atoms with E-state index in [1.807, 2.05) is 38.4 Å². The van der Waals surface area contributed by atoms with Gasteiger partial charge in [0.25, 0.3) is 5.91 Å². The molecule has 110 valence electrons. The summed E-state index contributed by atoms with van der Waals surface area (Å²) in [6.45, 7) is 1.35. The van der Waals surface area contributed by atoms with Crippen molar-refractivity contribution in [1.82, 2.24) is 15.2 Å². The third-order valence-corrected chi connectivity index (χ3v) is 3.47. The lowest BCUT2D eigenvalue weighted by atomic mass is 10.1. The number of benzene rings is 1. The zero-order valence-corrected chi connectivity index (χ0v) is 13.7. The van der Waals surface area contributed by atoms with Crippen LogP contribution in [-0.4, -0.2) is 29.9 Å². The second-order valence-electron chi connectivity index (χ2n) is 5.05. The van der Waals surface area contributed by atoms with Gasteiger partial charge >= 0.3 is 0 Å². The third-order valence-electron chi connectivity index (χ3n) is 3.00. The Kier molecular flexibility index (Phi) is 5.47. The smallest absolute Gasteiger partial charge is 0.270 e. The van der Waals surface area contributed by atoms with Gasteiger partial charge in [-0.25, -0.2) is 4.98 Å². The zero-order valence-electron chi connectivity index (χ0n) is 12.1. The number of aromatic nitrogens is 1. The molecule has 1 heterocycles. The van der Waals surface area contributed by atoms with Crippen LogP contribution in [0.4, 0.5) is 0 Å². The molecule has 2 rings (SSSR count). The van der Waals surface area contributed by atoms with Gasteiger partial charge in [-0.15, -0.1) is 0 Å². The summed E-state index contributed by atoms with van der Waals surface area (Å²) in [6.07, 6.45) is 1.62. The highest BCUT2D eigenvalue weighted by molar-refractivity contribution is 9.10. The molecule has 2 aromatic rings. The van der Waals surface area contributed by atoms with Crippen molar-refractivity contribution in [3.05, 3.63) is 63.9 Å². The summed E-state index contributed by atoms with van der Waals surface area (Å²) < 4.78 is 0.857. The molecule has 5 heteroatoms. The monoisotopic (exact) mass is 347 g/mol. The standard InChI is InChI=1S/C16H18BrN3O/c1-20(2)11-13-6-4-3-5-12(13)9-19-16(21)15-8-7-14(17)10-18-15/h3-8,10H,9,11H2,1-2H3,(H,19,21). The molecule has 0 saturated heterocycles. The van der Waals surface area contributed by atoms with E-state index in [1.54, 1.807) is 12.3 Å². The molecule has 0 radical (unpaired) electrons. The fourth-order valence-electron chi connectivity index (χ4n) is 2.00. The molecule has 0 unspecified atom stereocenters. The number of halogens is 1. The van der Waals surface area contributed by atoms with Crippen LogP contribution in [0.15, 0.2) is 47.1 Å². The number of hydrogen-bond acceptors (Lipinski definition) is 3. The first kappa shape index (κ1) is 15.7. The van der Waals surface area contributed by atoms with Gasteiger partial charge in [0.2, 0.25) is 0 Å². The second-order valence-corrected chi connectivity index (χ2v) is 5.97. The van der Waals surface area contributed by atoms with E-state index in [-0.39, 0.29) is 5.91 Å². The van der Waals surface area contributed by atoms with Crippen LogP contribution in [0.1, 0.15) is 21.6 Å². The maximum atomic E-state index is 12.1. The summed E-state index contributed by atoms with van der Waals surface area (Å²) in [4.78, 5) is 18.3. The number of carbonyl (C=O) groups excluding carboxylic acids is 1. The molecule has 1 aromatic carbocycles. The van der Waals surface area contributed by atoms with Gasteiger partial charge in [0.05, 0.1) is 0 Å². The summed E-state index contributed by atoms with van der Waals surface area (Å²) in [5, 5.41) is 2.91. The lowest BCUT2D eigenvalue weighted by Gasteiger charge is -2.14. The van der Waals surface area contributed by atoms with Gasteiger partial charge in [-0.2, -0.15) is 0 Å². The number of pyridine rings is 1. The average Bonchev–Trinajstić information content (AvgIpc) is 2.46. The van der Waals surface area contributed by atoms with E-state index in [9.17, 15) is 4.79 Å². The summed E-state index contributed by atoms with van der Waals surface area (Å²) in [5.74, 6) is -0.165. The molecule has 21 heavy (non-hydrogen) atoms. The van der Waals surface area contributed by atoms with Crippen molar-refractivity contribution in [2.75, 3.05) is 14.1 Å². The maximum absolute atomic E-state index is 12.1. The molecule has 0 aliphatic carbocycles. The van der Waals surface area contributed by atoms with Crippen molar-refractivity contribution in [3.63, 3.8) is 0 Å². The third kappa shape index (κ3) is 4.65. The van der Waals surface area contributed by atoms with E-state index < -0.39 is 0 Å².